The third kappa shape index (κ3) is 5.13. The van der Waals surface area contributed by atoms with Gasteiger partial charge in [-0.25, -0.2) is 0 Å². The number of methoxy groups -OCH3 is 4. The average molecular weight is 402 g/mol. The van der Waals surface area contributed by atoms with Crippen LogP contribution in [0.2, 0.25) is 0 Å². The van der Waals surface area contributed by atoms with Crippen LogP contribution in [0.5, 0.6) is 23.0 Å². The van der Waals surface area contributed by atoms with E-state index in [1.165, 1.54) is 0 Å². The molecule has 0 spiro atoms. The highest BCUT2D eigenvalue weighted by atomic mass is 16.5. The van der Waals surface area contributed by atoms with E-state index < -0.39 is 0 Å². The zero-order valence-corrected chi connectivity index (χ0v) is 18.1. The fourth-order valence-electron chi connectivity index (χ4n) is 3.37. The third-order valence-corrected chi connectivity index (χ3v) is 4.83. The molecule has 0 saturated heterocycles. The van der Waals surface area contributed by atoms with Gasteiger partial charge in [-0.3, -0.25) is 4.79 Å². The summed E-state index contributed by atoms with van der Waals surface area (Å²) in [5.74, 6) is 2.12. The van der Waals surface area contributed by atoms with E-state index in [-0.39, 0.29) is 5.97 Å². The number of hydrogen-bond donors (Lipinski definition) is 0. The van der Waals surface area contributed by atoms with E-state index in [9.17, 15) is 4.79 Å². The van der Waals surface area contributed by atoms with Crippen molar-refractivity contribution in [2.24, 2.45) is 0 Å². The minimum absolute atomic E-state index is 0.172. The monoisotopic (exact) mass is 402 g/mol. The third-order valence-electron chi connectivity index (χ3n) is 4.83. The van der Waals surface area contributed by atoms with Crippen molar-refractivity contribution in [3.63, 3.8) is 0 Å². The molecule has 0 atom stereocenters. The number of ether oxygens (including phenoxy) is 5. The highest BCUT2D eigenvalue weighted by Crippen LogP contribution is 2.49. The summed E-state index contributed by atoms with van der Waals surface area (Å²) in [5.41, 5.74) is 4.12. The summed E-state index contributed by atoms with van der Waals surface area (Å²) in [5, 5.41) is 0. The molecule has 6 heteroatoms. The molecule has 2 rings (SSSR count). The molecule has 0 radical (unpaired) electrons. The topological polar surface area (TPSA) is 63.2 Å². The molecule has 0 aliphatic carbocycles. The largest absolute Gasteiger partial charge is 0.492 e. The molecule has 0 aliphatic rings. The molecule has 158 valence electrons. The molecule has 0 heterocycles. The summed E-state index contributed by atoms with van der Waals surface area (Å²) in [6.07, 6.45) is 1.68. The van der Waals surface area contributed by atoms with Crippen LogP contribution in [0.1, 0.15) is 35.6 Å². The second kappa shape index (κ2) is 10.6. The zero-order valence-electron chi connectivity index (χ0n) is 18.1. The summed E-state index contributed by atoms with van der Waals surface area (Å²) in [6.45, 7) is 4.20. The van der Waals surface area contributed by atoms with Crippen molar-refractivity contribution in [1.29, 1.82) is 0 Å². The number of carbonyl (C=O) groups excluding carboxylic acids is 1. The molecule has 0 unspecified atom stereocenters. The van der Waals surface area contributed by atoms with Crippen LogP contribution in [-0.4, -0.2) is 41.0 Å². The van der Waals surface area contributed by atoms with Gasteiger partial charge < -0.3 is 23.7 Å². The maximum absolute atomic E-state index is 11.5. The Balaban J connectivity index is 2.30. The first-order valence-electron chi connectivity index (χ1n) is 9.59. The highest BCUT2D eigenvalue weighted by Gasteiger charge is 2.25. The Labute approximate surface area is 172 Å². The summed E-state index contributed by atoms with van der Waals surface area (Å²) < 4.78 is 27.3. The Morgan fingerprint density at radius 3 is 1.83 bits per heavy atom. The van der Waals surface area contributed by atoms with E-state index in [1.54, 1.807) is 28.4 Å². The number of aryl methyl sites for hydroxylation is 1. The summed E-state index contributed by atoms with van der Waals surface area (Å²) >= 11 is 0. The standard InChI is InChI=1S/C23H30O6/c1-7-29-19(24)13-12-16-8-10-17(11-9-16)14-18-15(2)20(25-3)22(27-5)23(28-6)21(18)26-4/h8-11H,7,12-14H2,1-6H3. The average Bonchev–Trinajstić information content (AvgIpc) is 2.74. The lowest BCUT2D eigenvalue weighted by Crippen LogP contribution is -2.06. The lowest BCUT2D eigenvalue weighted by Gasteiger charge is -2.21. The van der Waals surface area contributed by atoms with Gasteiger partial charge in [-0.2, -0.15) is 0 Å². The fourth-order valence-corrected chi connectivity index (χ4v) is 3.37. The maximum Gasteiger partial charge on any atom is 0.306 e. The molecule has 0 fully saturated rings. The molecule has 2 aromatic rings. The van der Waals surface area contributed by atoms with E-state index in [4.69, 9.17) is 23.7 Å². The second-order valence-corrected chi connectivity index (χ2v) is 6.53. The summed E-state index contributed by atoms with van der Waals surface area (Å²) in [7, 11) is 6.38. The first-order chi connectivity index (χ1) is 14.0. The van der Waals surface area contributed by atoms with Crippen LogP contribution >= 0.6 is 0 Å². The van der Waals surface area contributed by atoms with Gasteiger partial charge in [0.05, 0.1) is 35.0 Å². The lowest BCUT2D eigenvalue weighted by atomic mass is 9.96. The van der Waals surface area contributed by atoms with Crippen molar-refractivity contribution < 1.29 is 28.5 Å². The van der Waals surface area contributed by atoms with E-state index in [0.29, 0.717) is 48.9 Å². The number of esters is 1. The van der Waals surface area contributed by atoms with Gasteiger partial charge in [-0.15, -0.1) is 0 Å². The van der Waals surface area contributed by atoms with Gasteiger partial charge >= 0.3 is 5.97 Å². The first kappa shape index (κ1) is 22.4. The van der Waals surface area contributed by atoms with Crippen molar-refractivity contribution in [3.8, 4) is 23.0 Å². The van der Waals surface area contributed by atoms with Crippen LogP contribution < -0.4 is 18.9 Å². The van der Waals surface area contributed by atoms with E-state index in [2.05, 4.69) is 12.1 Å². The molecule has 0 amide bonds. The van der Waals surface area contributed by atoms with Crippen LogP contribution in [0, 0.1) is 6.92 Å². The Hall–Kier alpha value is -2.89. The number of carbonyl (C=O) groups is 1. The van der Waals surface area contributed by atoms with Crippen molar-refractivity contribution in [3.05, 3.63) is 46.5 Å². The molecule has 0 N–H and O–H groups in total. The molecule has 0 saturated carbocycles. The predicted molar refractivity (Wildman–Crippen MR) is 112 cm³/mol. The fraction of sp³-hybridized carbons (Fsp3) is 0.435. The molecule has 0 aliphatic heterocycles. The van der Waals surface area contributed by atoms with Gasteiger partial charge in [0.15, 0.2) is 11.5 Å². The molecule has 2 aromatic carbocycles. The highest BCUT2D eigenvalue weighted by molar-refractivity contribution is 5.69. The lowest BCUT2D eigenvalue weighted by molar-refractivity contribution is -0.143. The number of rotatable bonds is 10. The molecular formula is C23H30O6. The van der Waals surface area contributed by atoms with Gasteiger partial charge in [-0.05, 0) is 31.4 Å². The van der Waals surface area contributed by atoms with E-state index >= 15 is 0 Å². The molecular weight excluding hydrogens is 372 g/mol. The maximum atomic E-state index is 11.5. The zero-order chi connectivity index (χ0) is 21.4. The molecule has 0 bridgehead atoms. The molecule has 6 nitrogen and oxygen atoms in total. The van der Waals surface area contributed by atoms with Crippen molar-refractivity contribution >= 4 is 5.97 Å². The Morgan fingerprint density at radius 2 is 1.31 bits per heavy atom. The normalized spacial score (nSPS) is 10.4. The number of benzene rings is 2. The minimum Gasteiger partial charge on any atom is -0.492 e. The van der Waals surface area contributed by atoms with Crippen LogP contribution in [0.15, 0.2) is 24.3 Å². The Bertz CT molecular complexity index is 826. The smallest absolute Gasteiger partial charge is 0.306 e. The van der Waals surface area contributed by atoms with E-state index in [0.717, 1.165) is 22.3 Å². The van der Waals surface area contributed by atoms with Gasteiger partial charge in [0.25, 0.3) is 0 Å². The van der Waals surface area contributed by atoms with Crippen LogP contribution in [0.25, 0.3) is 0 Å². The van der Waals surface area contributed by atoms with Gasteiger partial charge in [-0.1, -0.05) is 24.3 Å². The van der Waals surface area contributed by atoms with Crippen LogP contribution in [-0.2, 0) is 22.4 Å². The van der Waals surface area contributed by atoms with Crippen LogP contribution in [0.4, 0.5) is 0 Å². The van der Waals surface area contributed by atoms with Gasteiger partial charge in [0.2, 0.25) is 11.5 Å². The quantitative estimate of drug-likeness (QED) is 0.557. The first-order valence-corrected chi connectivity index (χ1v) is 9.59. The molecule has 0 aromatic heterocycles. The minimum atomic E-state index is -0.172. The Morgan fingerprint density at radius 1 is 0.793 bits per heavy atom. The number of hydrogen-bond acceptors (Lipinski definition) is 6. The van der Waals surface area contributed by atoms with Gasteiger partial charge in [0, 0.05) is 24.0 Å². The van der Waals surface area contributed by atoms with Crippen molar-refractivity contribution in [2.75, 3.05) is 35.0 Å². The summed E-state index contributed by atoms with van der Waals surface area (Å²) in [4.78, 5) is 11.5. The van der Waals surface area contributed by atoms with Crippen molar-refractivity contribution in [1.82, 2.24) is 0 Å². The second-order valence-electron chi connectivity index (χ2n) is 6.53. The van der Waals surface area contributed by atoms with Crippen LogP contribution in [0.3, 0.4) is 0 Å². The summed E-state index contributed by atoms with van der Waals surface area (Å²) in [6, 6.07) is 8.19. The van der Waals surface area contributed by atoms with Crippen molar-refractivity contribution in [2.45, 2.75) is 33.1 Å². The Kier molecular flexibility index (Phi) is 8.19. The van der Waals surface area contributed by atoms with E-state index in [1.807, 2.05) is 26.0 Å². The SMILES string of the molecule is CCOC(=O)CCc1ccc(Cc2c(C)c(OC)c(OC)c(OC)c2OC)cc1. The van der Waals surface area contributed by atoms with Gasteiger partial charge in [0.1, 0.15) is 0 Å². The molecule has 29 heavy (non-hydrogen) atoms. The predicted octanol–water partition coefficient (Wildman–Crippen LogP) is 4.12.